The van der Waals surface area contributed by atoms with Crippen molar-refractivity contribution in [2.45, 2.75) is 44.4 Å². The Hall–Kier alpha value is -2.91. The van der Waals surface area contributed by atoms with Crippen molar-refractivity contribution in [3.8, 4) is 5.75 Å². The molecule has 1 atom stereocenters. The molecule has 0 radical (unpaired) electrons. The predicted octanol–water partition coefficient (Wildman–Crippen LogP) is 4.17. The molecule has 1 aromatic carbocycles. The summed E-state index contributed by atoms with van der Waals surface area (Å²) in [5.74, 6) is -2.31. The molecule has 1 saturated carbocycles. The molecule has 1 aliphatic heterocycles. The van der Waals surface area contributed by atoms with Crippen molar-refractivity contribution in [2.24, 2.45) is 5.92 Å². The van der Waals surface area contributed by atoms with Gasteiger partial charge in [0.15, 0.2) is 17.3 Å². The summed E-state index contributed by atoms with van der Waals surface area (Å²) in [6.07, 6.45) is -1.38. The van der Waals surface area contributed by atoms with E-state index in [0.717, 1.165) is 57.0 Å². The van der Waals surface area contributed by atoms with E-state index >= 15 is 0 Å². The number of anilines is 1. The number of ether oxygens (including phenoxy) is 1. The van der Waals surface area contributed by atoms with E-state index in [1.165, 1.54) is 6.07 Å². The Labute approximate surface area is 175 Å². The van der Waals surface area contributed by atoms with Crippen LogP contribution in [0.2, 0.25) is 0 Å². The number of carbonyl (C=O) groups is 1. The largest absolute Gasteiger partial charge is 0.573 e. The van der Waals surface area contributed by atoms with Crippen LogP contribution in [0.3, 0.4) is 0 Å². The molecule has 1 saturated heterocycles. The van der Waals surface area contributed by atoms with Crippen LogP contribution < -0.4 is 15.2 Å². The van der Waals surface area contributed by atoms with Crippen LogP contribution in [0.15, 0.2) is 29.1 Å². The number of halogens is 4. The third kappa shape index (κ3) is 5.23. The first kappa shape index (κ1) is 21.3. The first-order chi connectivity index (χ1) is 14.7. The number of ketones is 1. The van der Waals surface area contributed by atoms with Crippen LogP contribution in [0, 0.1) is 11.7 Å². The van der Waals surface area contributed by atoms with Crippen LogP contribution in [0.4, 0.5) is 23.5 Å². The Bertz CT molecular complexity index is 1030. The van der Waals surface area contributed by atoms with Gasteiger partial charge in [0.2, 0.25) is 5.95 Å². The quantitative estimate of drug-likeness (QED) is 0.518. The molecule has 0 spiro atoms. The van der Waals surface area contributed by atoms with Crippen molar-refractivity contribution in [2.75, 3.05) is 18.0 Å². The zero-order valence-corrected chi connectivity index (χ0v) is 16.5. The highest BCUT2D eigenvalue weighted by atomic mass is 19.4. The molecule has 1 aromatic heterocycles. The van der Waals surface area contributed by atoms with Crippen molar-refractivity contribution < 1.29 is 27.1 Å². The molecule has 2 aromatic rings. The number of benzene rings is 1. The summed E-state index contributed by atoms with van der Waals surface area (Å²) >= 11 is 0. The highest BCUT2D eigenvalue weighted by Crippen LogP contribution is 2.45. The van der Waals surface area contributed by atoms with E-state index in [0.29, 0.717) is 11.5 Å². The van der Waals surface area contributed by atoms with E-state index < -0.39 is 23.5 Å². The van der Waals surface area contributed by atoms with Crippen molar-refractivity contribution in [3.63, 3.8) is 0 Å². The molecule has 0 bridgehead atoms. The molecule has 1 aliphatic carbocycles. The Morgan fingerprint density at radius 3 is 2.55 bits per heavy atom. The number of aromatic nitrogens is 2. The lowest BCUT2D eigenvalue weighted by Gasteiger charge is -2.18. The van der Waals surface area contributed by atoms with E-state index in [-0.39, 0.29) is 29.7 Å². The normalized spacial score (nSPS) is 17.6. The molecule has 2 aliphatic rings. The number of hydrogen-bond acceptors (Lipinski definition) is 5. The number of aromatic amines is 1. The van der Waals surface area contributed by atoms with Gasteiger partial charge in [0.25, 0.3) is 5.56 Å². The lowest BCUT2D eigenvalue weighted by atomic mass is 9.88. The summed E-state index contributed by atoms with van der Waals surface area (Å²) in [7, 11) is 0. The van der Waals surface area contributed by atoms with Crippen LogP contribution in [-0.4, -0.2) is 35.2 Å². The van der Waals surface area contributed by atoms with Gasteiger partial charge < -0.3 is 9.64 Å². The van der Waals surface area contributed by atoms with Crippen LogP contribution in [-0.2, 0) is 0 Å². The van der Waals surface area contributed by atoms with Gasteiger partial charge in [0.05, 0.1) is 0 Å². The first-order valence-corrected chi connectivity index (χ1v) is 10.1. The highest BCUT2D eigenvalue weighted by molar-refractivity contribution is 5.95. The Balaban J connectivity index is 1.55. The van der Waals surface area contributed by atoms with Gasteiger partial charge in [-0.15, -0.1) is 13.2 Å². The maximum atomic E-state index is 14.2. The fraction of sp³-hybridized carbons (Fsp3) is 0.476. The SMILES string of the molecule is O=C(C[C@@H](c1ccc(OC(F)(F)F)c(F)c1)C1CC1)c1cc(=O)[nH]c(N2CCCC2)n1. The maximum Gasteiger partial charge on any atom is 0.573 e. The number of hydrogen-bond donors (Lipinski definition) is 1. The Morgan fingerprint density at radius 2 is 1.94 bits per heavy atom. The number of alkyl halides is 3. The van der Waals surface area contributed by atoms with E-state index in [1.807, 2.05) is 4.90 Å². The zero-order valence-electron chi connectivity index (χ0n) is 16.5. The summed E-state index contributed by atoms with van der Waals surface area (Å²) in [5, 5.41) is 0. The van der Waals surface area contributed by atoms with Crippen LogP contribution in [0.25, 0.3) is 0 Å². The lowest BCUT2D eigenvalue weighted by molar-refractivity contribution is -0.275. The predicted molar refractivity (Wildman–Crippen MR) is 104 cm³/mol. The van der Waals surface area contributed by atoms with Crippen LogP contribution in [0.1, 0.15) is 54.1 Å². The van der Waals surface area contributed by atoms with Crippen LogP contribution in [0.5, 0.6) is 5.75 Å². The minimum absolute atomic E-state index is 0.0144. The van der Waals surface area contributed by atoms with Crippen molar-refractivity contribution in [3.05, 3.63) is 51.7 Å². The van der Waals surface area contributed by atoms with Crippen molar-refractivity contribution >= 4 is 11.7 Å². The zero-order chi connectivity index (χ0) is 22.2. The number of H-pyrrole nitrogens is 1. The third-order valence-corrected chi connectivity index (χ3v) is 5.63. The number of nitrogens with zero attached hydrogens (tertiary/aromatic N) is 2. The molecule has 4 rings (SSSR count). The molecular formula is C21H21F4N3O3. The Kier molecular flexibility index (Phi) is 5.72. The first-order valence-electron chi connectivity index (χ1n) is 10.1. The average Bonchev–Trinajstić information content (AvgIpc) is 3.38. The fourth-order valence-electron chi connectivity index (χ4n) is 3.98. The molecular weight excluding hydrogens is 418 g/mol. The number of rotatable bonds is 7. The molecule has 2 heterocycles. The van der Waals surface area contributed by atoms with Gasteiger partial charge in [-0.05, 0) is 55.2 Å². The summed E-state index contributed by atoms with van der Waals surface area (Å²) in [6, 6.07) is 4.40. The maximum absolute atomic E-state index is 14.2. The lowest BCUT2D eigenvalue weighted by Crippen LogP contribution is -2.25. The summed E-state index contributed by atoms with van der Waals surface area (Å²) in [4.78, 5) is 33.8. The second kappa shape index (κ2) is 8.32. The third-order valence-electron chi connectivity index (χ3n) is 5.63. The minimum atomic E-state index is -4.99. The summed E-state index contributed by atoms with van der Waals surface area (Å²) in [5.41, 5.74) is 0.0317. The highest BCUT2D eigenvalue weighted by Gasteiger charge is 2.36. The molecule has 31 heavy (non-hydrogen) atoms. The van der Waals surface area contributed by atoms with E-state index in [2.05, 4.69) is 14.7 Å². The second-order valence-electron chi connectivity index (χ2n) is 7.96. The van der Waals surface area contributed by atoms with Crippen molar-refractivity contribution in [1.29, 1.82) is 0 Å². The fourth-order valence-corrected chi connectivity index (χ4v) is 3.98. The van der Waals surface area contributed by atoms with Gasteiger partial charge >= 0.3 is 6.36 Å². The molecule has 6 nitrogen and oxygen atoms in total. The molecule has 1 N–H and O–H groups in total. The van der Waals surface area contributed by atoms with Gasteiger partial charge in [-0.1, -0.05) is 6.07 Å². The molecule has 166 valence electrons. The topological polar surface area (TPSA) is 75.3 Å². The monoisotopic (exact) mass is 439 g/mol. The molecule has 2 fully saturated rings. The van der Waals surface area contributed by atoms with Crippen molar-refractivity contribution in [1.82, 2.24) is 9.97 Å². The van der Waals surface area contributed by atoms with Gasteiger partial charge in [-0.2, -0.15) is 0 Å². The molecule has 0 amide bonds. The van der Waals surface area contributed by atoms with Gasteiger partial charge in [-0.3, -0.25) is 14.6 Å². The summed E-state index contributed by atoms with van der Waals surface area (Å²) in [6.45, 7) is 1.49. The number of nitrogens with one attached hydrogen (secondary N) is 1. The van der Waals surface area contributed by atoms with Gasteiger partial charge in [-0.25, -0.2) is 9.37 Å². The van der Waals surface area contributed by atoms with E-state index in [4.69, 9.17) is 0 Å². The average molecular weight is 439 g/mol. The molecule has 0 unspecified atom stereocenters. The standard InChI is InChI=1S/C21H21F4N3O3/c22-15-9-13(5-6-18(15)31-21(23,24)25)14(12-3-4-12)10-17(29)16-11-19(30)27-20(26-16)28-7-1-2-8-28/h5-6,9,11-12,14H,1-4,7-8,10H2,(H,26,27,30)/t14-/m1/s1. The molecule has 10 heteroatoms. The minimum Gasteiger partial charge on any atom is -0.403 e. The smallest absolute Gasteiger partial charge is 0.403 e. The van der Waals surface area contributed by atoms with E-state index in [9.17, 15) is 27.2 Å². The van der Waals surface area contributed by atoms with E-state index in [1.54, 1.807) is 0 Å². The van der Waals surface area contributed by atoms with Crippen LogP contribution >= 0.6 is 0 Å². The second-order valence-corrected chi connectivity index (χ2v) is 7.96. The van der Waals surface area contributed by atoms with Gasteiger partial charge in [0.1, 0.15) is 5.69 Å². The Morgan fingerprint density at radius 1 is 1.23 bits per heavy atom. The van der Waals surface area contributed by atoms with Gasteiger partial charge in [0, 0.05) is 25.6 Å². The number of carbonyl (C=O) groups excluding carboxylic acids is 1. The number of Topliss-reactive ketones (excluding diaryl/α,β-unsaturated/α-hetero) is 1. The summed E-state index contributed by atoms with van der Waals surface area (Å²) < 4.78 is 55.0.